The van der Waals surface area contributed by atoms with Gasteiger partial charge in [0.05, 0.1) is 13.7 Å². The third kappa shape index (κ3) is 4.47. The van der Waals surface area contributed by atoms with Gasteiger partial charge in [-0.1, -0.05) is 20.3 Å². The van der Waals surface area contributed by atoms with Gasteiger partial charge in [0.25, 0.3) is 0 Å². The summed E-state index contributed by atoms with van der Waals surface area (Å²) in [5, 5.41) is 0. The van der Waals surface area contributed by atoms with E-state index in [1.807, 2.05) is 18.4 Å². The van der Waals surface area contributed by atoms with Crippen molar-refractivity contribution in [1.82, 2.24) is 9.47 Å². The molecule has 28 heavy (non-hydrogen) atoms. The number of amides is 1. The topological polar surface area (TPSA) is 68.6 Å². The molecule has 1 aromatic heterocycles. The van der Waals surface area contributed by atoms with Crippen LogP contribution in [-0.4, -0.2) is 47.3 Å². The zero-order valence-corrected chi connectivity index (χ0v) is 18.1. The highest BCUT2D eigenvalue weighted by atomic mass is 16.5. The minimum Gasteiger partial charge on any atom is -0.464 e. The Morgan fingerprint density at radius 3 is 2.32 bits per heavy atom. The van der Waals surface area contributed by atoms with Gasteiger partial charge >= 0.3 is 5.97 Å². The quantitative estimate of drug-likeness (QED) is 0.475. The van der Waals surface area contributed by atoms with Crippen molar-refractivity contribution in [3.63, 3.8) is 0 Å². The summed E-state index contributed by atoms with van der Waals surface area (Å²) in [5.41, 5.74) is 2.35. The molecule has 1 aliphatic carbocycles. The Morgan fingerprint density at radius 1 is 1.21 bits per heavy atom. The van der Waals surface area contributed by atoms with Crippen molar-refractivity contribution in [2.75, 3.05) is 20.2 Å². The van der Waals surface area contributed by atoms with Crippen molar-refractivity contribution in [1.29, 1.82) is 0 Å². The van der Waals surface area contributed by atoms with E-state index in [1.165, 1.54) is 7.11 Å². The van der Waals surface area contributed by atoms with E-state index in [-0.39, 0.29) is 24.2 Å². The van der Waals surface area contributed by atoms with E-state index >= 15 is 0 Å². The summed E-state index contributed by atoms with van der Waals surface area (Å²) in [6, 6.07) is 0. The molecule has 2 rings (SSSR count). The fraction of sp³-hybridized carbons (Fsp3) is 0.682. The Morgan fingerprint density at radius 2 is 1.86 bits per heavy atom. The first-order valence-corrected chi connectivity index (χ1v) is 10.3. The lowest BCUT2D eigenvalue weighted by Crippen LogP contribution is -2.42. The lowest BCUT2D eigenvalue weighted by atomic mass is 9.84. The third-order valence-corrected chi connectivity index (χ3v) is 5.82. The van der Waals surface area contributed by atoms with Crippen LogP contribution in [0, 0.1) is 25.7 Å². The Labute approximate surface area is 168 Å². The molecule has 0 bridgehead atoms. The first-order valence-electron chi connectivity index (χ1n) is 10.3. The van der Waals surface area contributed by atoms with Crippen LogP contribution >= 0.6 is 0 Å². The second-order valence-corrected chi connectivity index (χ2v) is 8.16. The van der Waals surface area contributed by atoms with Crippen LogP contribution in [0.15, 0.2) is 0 Å². The number of rotatable bonds is 9. The summed E-state index contributed by atoms with van der Waals surface area (Å²) in [7, 11) is 1.34. The fourth-order valence-corrected chi connectivity index (χ4v) is 3.91. The van der Waals surface area contributed by atoms with Crippen LogP contribution in [0.25, 0.3) is 0 Å². The molecule has 0 spiro atoms. The molecule has 0 radical (unpaired) electrons. The predicted octanol–water partition coefficient (Wildman–Crippen LogP) is 3.77. The van der Waals surface area contributed by atoms with Crippen LogP contribution in [0.1, 0.15) is 78.6 Å². The highest BCUT2D eigenvalue weighted by Gasteiger charge is 2.32. The zero-order valence-electron chi connectivity index (χ0n) is 18.1. The molecule has 1 fully saturated rings. The first kappa shape index (κ1) is 22.2. The Hall–Kier alpha value is -2.11. The molecule has 6 nitrogen and oxygen atoms in total. The third-order valence-electron chi connectivity index (χ3n) is 5.82. The van der Waals surface area contributed by atoms with Crippen LogP contribution in [0.3, 0.4) is 0 Å². The second kappa shape index (κ2) is 9.39. The van der Waals surface area contributed by atoms with E-state index in [2.05, 4.69) is 13.8 Å². The van der Waals surface area contributed by atoms with Crippen LogP contribution in [-0.2, 0) is 16.1 Å². The van der Waals surface area contributed by atoms with Crippen LogP contribution in [0.4, 0.5) is 0 Å². The van der Waals surface area contributed by atoms with Gasteiger partial charge in [-0.3, -0.25) is 9.59 Å². The highest BCUT2D eigenvalue weighted by Crippen LogP contribution is 2.29. The Kier molecular flexibility index (Phi) is 7.44. The summed E-state index contributed by atoms with van der Waals surface area (Å²) < 4.78 is 6.73. The van der Waals surface area contributed by atoms with E-state index in [0.717, 1.165) is 31.4 Å². The molecule has 1 heterocycles. The van der Waals surface area contributed by atoms with E-state index in [1.54, 1.807) is 11.8 Å². The molecule has 1 aromatic rings. The molecule has 0 aliphatic heterocycles. The molecule has 0 saturated heterocycles. The number of methoxy groups -OCH3 is 1. The molecule has 1 saturated carbocycles. The summed E-state index contributed by atoms with van der Waals surface area (Å²) >= 11 is 0. The SMILES string of the molecule is CCn1c(C)c(C(=O)CN(CCC(C)C)C(=O)C2CCC2)c(C)c1C(=O)OC. The van der Waals surface area contributed by atoms with Crippen molar-refractivity contribution >= 4 is 17.7 Å². The molecule has 0 atom stereocenters. The fourth-order valence-electron chi connectivity index (χ4n) is 3.91. The highest BCUT2D eigenvalue weighted by molar-refractivity contribution is 6.04. The van der Waals surface area contributed by atoms with Gasteiger partial charge in [0.2, 0.25) is 5.91 Å². The normalized spacial score (nSPS) is 14.1. The van der Waals surface area contributed by atoms with Gasteiger partial charge in [0, 0.05) is 30.3 Å². The van der Waals surface area contributed by atoms with Crippen molar-refractivity contribution in [2.24, 2.45) is 11.8 Å². The molecule has 0 N–H and O–H groups in total. The second-order valence-electron chi connectivity index (χ2n) is 8.16. The summed E-state index contributed by atoms with van der Waals surface area (Å²) in [6.07, 6.45) is 3.79. The smallest absolute Gasteiger partial charge is 0.354 e. The molecule has 0 aromatic carbocycles. The summed E-state index contributed by atoms with van der Waals surface area (Å²) in [4.78, 5) is 40.0. The first-order chi connectivity index (χ1) is 13.2. The maximum atomic E-state index is 13.2. The maximum Gasteiger partial charge on any atom is 0.354 e. The van der Waals surface area contributed by atoms with Gasteiger partial charge in [0.15, 0.2) is 5.78 Å². The maximum absolute atomic E-state index is 13.2. The van der Waals surface area contributed by atoms with Gasteiger partial charge in [0.1, 0.15) is 5.69 Å². The monoisotopic (exact) mass is 390 g/mol. The number of carbonyl (C=O) groups is 3. The van der Waals surface area contributed by atoms with Gasteiger partial charge in [-0.05, 0) is 51.5 Å². The molecule has 1 amide bonds. The number of hydrogen-bond acceptors (Lipinski definition) is 4. The van der Waals surface area contributed by atoms with Gasteiger partial charge in [-0.15, -0.1) is 0 Å². The van der Waals surface area contributed by atoms with E-state index in [4.69, 9.17) is 4.74 Å². The largest absolute Gasteiger partial charge is 0.464 e. The number of carbonyl (C=O) groups excluding carboxylic acids is 3. The Bertz CT molecular complexity index is 744. The number of Topliss-reactive ketones (excluding diaryl/α,β-unsaturated/α-hetero) is 1. The average Bonchev–Trinajstić information content (AvgIpc) is 2.85. The standard InChI is InChI=1S/C22H34N2O4/c1-7-24-16(5)19(15(4)20(24)22(27)28-6)18(25)13-23(12-11-14(2)3)21(26)17-9-8-10-17/h14,17H,7-13H2,1-6H3. The molecule has 6 heteroatoms. The summed E-state index contributed by atoms with van der Waals surface area (Å²) in [5.74, 6) is 0.0709. The van der Waals surface area contributed by atoms with Gasteiger partial charge in [-0.25, -0.2) is 4.79 Å². The number of esters is 1. The van der Waals surface area contributed by atoms with Gasteiger partial charge < -0.3 is 14.2 Å². The van der Waals surface area contributed by atoms with Crippen LogP contribution in [0.5, 0.6) is 0 Å². The molecular formula is C22H34N2O4. The number of ketones is 1. The molecular weight excluding hydrogens is 356 g/mol. The van der Waals surface area contributed by atoms with Crippen molar-refractivity contribution in [2.45, 2.75) is 66.8 Å². The van der Waals surface area contributed by atoms with E-state index in [9.17, 15) is 14.4 Å². The van der Waals surface area contributed by atoms with Crippen molar-refractivity contribution in [3.05, 3.63) is 22.5 Å². The van der Waals surface area contributed by atoms with Gasteiger partial charge in [-0.2, -0.15) is 0 Å². The van der Waals surface area contributed by atoms with Crippen LogP contribution in [0.2, 0.25) is 0 Å². The van der Waals surface area contributed by atoms with E-state index in [0.29, 0.717) is 35.8 Å². The lowest BCUT2D eigenvalue weighted by molar-refractivity contribution is -0.137. The number of ether oxygens (including phenoxy) is 1. The predicted molar refractivity (Wildman–Crippen MR) is 109 cm³/mol. The number of aromatic nitrogens is 1. The molecule has 0 unspecified atom stereocenters. The van der Waals surface area contributed by atoms with Crippen LogP contribution < -0.4 is 0 Å². The minimum absolute atomic E-state index is 0.0630. The van der Waals surface area contributed by atoms with Crippen molar-refractivity contribution in [3.8, 4) is 0 Å². The number of nitrogens with zero attached hydrogens (tertiary/aromatic N) is 2. The lowest BCUT2D eigenvalue weighted by Gasteiger charge is -2.31. The number of hydrogen-bond donors (Lipinski definition) is 0. The molecule has 156 valence electrons. The molecule has 1 aliphatic rings. The van der Waals surface area contributed by atoms with E-state index < -0.39 is 5.97 Å². The minimum atomic E-state index is -0.441. The van der Waals surface area contributed by atoms with Crippen molar-refractivity contribution < 1.29 is 19.1 Å². The average molecular weight is 391 g/mol. The zero-order chi connectivity index (χ0) is 21.0. The summed E-state index contributed by atoms with van der Waals surface area (Å²) in [6.45, 7) is 11.0. The Balaban J connectivity index is 2.30.